The van der Waals surface area contributed by atoms with Crippen LogP contribution in [-0.4, -0.2) is 45.1 Å². The average Bonchev–Trinajstić information content (AvgIpc) is 2.39. The molecule has 1 aliphatic heterocycles. The fourth-order valence-corrected chi connectivity index (χ4v) is 3.02. The van der Waals surface area contributed by atoms with Crippen molar-refractivity contribution in [2.24, 2.45) is 0 Å². The predicted molar refractivity (Wildman–Crippen MR) is 69.5 cm³/mol. The number of hydrogen-bond acceptors (Lipinski definition) is 4. The van der Waals surface area contributed by atoms with E-state index >= 15 is 0 Å². The van der Waals surface area contributed by atoms with Crippen LogP contribution in [0.1, 0.15) is 23.8 Å². The summed E-state index contributed by atoms with van der Waals surface area (Å²) in [6.45, 7) is 3.72. The highest BCUT2D eigenvalue weighted by atomic mass is 35.5. The van der Waals surface area contributed by atoms with Gasteiger partial charge in [-0.3, -0.25) is 4.79 Å². The molecule has 0 saturated carbocycles. The van der Waals surface area contributed by atoms with E-state index in [-0.39, 0.29) is 5.91 Å². The molecular formula is C11H14ClN3OS. The predicted octanol–water partition coefficient (Wildman–Crippen LogP) is 2.10. The molecule has 1 amide bonds. The lowest BCUT2D eigenvalue weighted by Crippen LogP contribution is -2.42. The third-order valence-electron chi connectivity index (χ3n) is 2.73. The van der Waals surface area contributed by atoms with Crippen molar-refractivity contribution in [3.05, 3.63) is 23.0 Å². The average molecular weight is 272 g/mol. The Morgan fingerprint density at radius 3 is 3.06 bits per heavy atom. The number of thioether (sulfide) groups is 1. The van der Waals surface area contributed by atoms with Gasteiger partial charge in [-0.05, 0) is 18.6 Å². The van der Waals surface area contributed by atoms with Crippen molar-refractivity contribution in [1.82, 2.24) is 15.1 Å². The summed E-state index contributed by atoms with van der Waals surface area (Å²) in [6, 6.07) is 3.22. The van der Waals surface area contributed by atoms with Gasteiger partial charge in [0.15, 0.2) is 10.8 Å². The van der Waals surface area contributed by atoms with E-state index in [1.165, 1.54) is 0 Å². The normalized spacial score (nSPS) is 20.4. The zero-order valence-electron chi connectivity index (χ0n) is 9.60. The third kappa shape index (κ3) is 3.10. The smallest absolute Gasteiger partial charge is 0.274 e. The highest BCUT2D eigenvalue weighted by molar-refractivity contribution is 8.00. The first kappa shape index (κ1) is 12.6. The maximum Gasteiger partial charge on any atom is 0.274 e. The Hall–Kier alpha value is -0.810. The van der Waals surface area contributed by atoms with E-state index in [2.05, 4.69) is 17.1 Å². The topological polar surface area (TPSA) is 46.1 Å². The summed E-state index contributed by atoms with van der Waals surface area (Å²) in [5.74, 6) is 0.943. The van der Waals surface area contributed by atoms with E-state index in [1.807, 2.05) is 16.7 Å². The summed E-state index contributed by atoms with van der Waals surface area (Å²) in [5, 5.41) is 8.36. The van der Waals surface area contributed by atoms with Crippen molar-refractivity contribution >= 4 is 29.3 Å². The van der Waals surface area contributed by atoms with Crippen LogP contribution >= 0.6 is 23.4 Å². The molecule has 1 fully saturated rings. The minimum absolute atomic E-state index is 0.0482. The monoisotopic (exact) mass is 271 g/mol. The van der Waals surface area contributed by atoms with Gasteiger partial charge >= 0.3 is 0 Å². The fourth-order valence-electron chi connectivity index (χ4n) is 1.74. The van der Waals surface area contributed by atoms with Gasteiger partial charge in [0.2, 0.25) is 0 Å². The molecule has 0 bridgehead atoms. The maximum atomic E-state index is 12.1. The Kier molecular flexibility index (Phi) is 4.23. The summed E-state index contributed by atoms with van der Waals surface area (Å²) in [4.78, 5) is 14.0. The lowest BCUT2D eigenvalue weighted by Gasteiger charge is -2.31. The number of amides is 1. The zero-order chi connectivity index (χ0) is 12.3. The number of carbonyl (C=O) groups excluding carboxylic acids is 1. The van der Waals surface area contributed by atoms with Gasteiger partial charge in [0.05, 0.1) is 0 Å². The molecule has 1 unspecified atom stereocenters. The first-order valence-corrected chi connectivity index (χ1v) is 7.03. The largest absolute Gasteiger partial charge is 0.335 e. The van der Waals surface area contributed by atoms with Crippen LogP contribution in [0.3, 0.4) is 0 Å². The molecule has 17 heavy (non-hydrogen) atoms. The van der Waals surface area contributed by atoms with Crippen LogP contribution in [0.2, 0.25) is 5.15 Å². The molecular weight excluding hydrogens is 258 g/mol. The molecule has 0 aliphatic carbocycles. The lowest BCUT2D eigenvalue weighted by atomic mass is 10.2. The minimum Gasteiger partial charge on any atom is -0.335 e. The number of nitrogens with zero attached hydrogens (tertiary/aromatic N) is 3. The van der Waals surface area contributed by atoms with E-state index in [0.717, 1.165) is 25.3 Å². The van der Waals surface area contributed by atoms with Gasteiger partial charge in [0.25, 0.3) is 5.91 Å². The number of rotatable bonds is 2. The molecule has 2 heterocycles. The first-order chi connectivity index (χ1) is 8.20. The van der Waals surface area contributed by atoms with Crippen LogP contribution < -0.4 is 0 Å². The van der Waals surface area contributed by atoms with Gasteiger partial charge in [0.1, 0.15) is 0 Å². The third-order valence-corrected chi connectivity index (χ3v) is 4.31. The van der Waals surface area contributed by atoms with Gasteiger partial charge < -0.3 is 4.90 Å². The molecule has 2 rings (SSSR count). The lowest BCUT2D eigenvalue weighted by molar-refractivity contribution is 0.0754. The summed E-state index contributed by atoms with van der Waals surface area (Å²) < 4.78 is 0. The van der Waals surface area contributed by atoms with Crippen molar-refractivity contribution < 1.29 is 4.79 Å². The summed E-state index contributed by atoms with van der Waals surface area (Å²) in [5.41, 5.74) is 0.371. The molecule has 0 radical (unpaired) electrons. The van der Waals surface area contributed by atoms with Crippen LogP contribution in [0.5, 0.6) is 0 Å². The molecule has 6 heteroatoms. The van der Waals surface area contributed by atoms with Gasteiger partial charge in [-0.25, -0.2) is 0 Å². The van der Waals surface area contributed by atoms with Crippen molar-refractivity contribution in [3.63, 3.8) is 0 Å². The van der Waals surface area contributed by atoms with Crippen molar-refractivity contribution in [2.45, 2.75) is 18.6 Å². The van der Waals surface area contributed by atoms with E-state index in [1.54, 1.807) is 12.1 Å². The van der Waals surface area contributed by atoms with Crippen molar-refractivity contribution in [1.29, 1.82) is 0 Å². The maximum absolute atomic E-state index is 12.1. The molecule has 1 aromatic rings. The van der Waals surface area contributed by atoms with E-state index in [0.29, 0.717) is 16.1 Å². The minimum atomic E-state index is -0.0482. The molecule has 1 saturated heterocycles. The molecule has 1 aliphatic rings. The Labute approximate surface area is 110 Å². The number of hydrogen-bond donors (Lipinski definition) is 0. The van der Waals surface area contributed by atoms with E-state index in [4.69, 9.17) is 11.6 Å². The van der Waals surface area contributed by atoms with Gasteiger partial charge in [0, 0.05) is 24.1 Å². The molecule has 0 spiro atoms. The Morgan fingerprint density at radius 2 is 2.41 bits per heavy atom. The van der Waals surface area contributed by atoms with Gasteiger partial charge in [-0.15, -0.1) is 10.2 Å². The standard InChI is InChI=1S/C11H14ClN3OS/c1-2-8-7-15(5-6-17-8)11(16)9-3-4-10(12)14-13-9/h3-4,8H,2,5-7H2,1H3. The summed E-state index contributed by atoms with van der Waals surface area (Å²) >= 11 is 7.58. The number of carbonyl (C=O) groups is 1. The second kappa shape index (κ2) is 5.69. The first-order valence-electron chi connectivity index (χ1n) is 5.61. The second-order valence-corrected chi connectivity index (χ2v) is 5.69. The number of aromatic nitrogens is 2. The fraction of sp³-hybridized carbons (Fsp3) is 0.545. The SMILES string of the molecule is CCC1CN(C(=O)c2ccc(Cl)nn2)CCS1. The van der Waals surface area contributed by atoms with Crippen molar-refractivity contribution in [2.75, 3.05) is 18.8 Å². The van der Waals surface area contributed by atoms with Gasteiger partial charge in [-0.1, -0.05) is 18.5 Å². The van der Waals surface area contributed by atoms with Gasteiger partial charge in [-0.2, -0.15) is 11.8 Å². The Morgan fingerprint density at radius 1 is 1.59 bits per heavy atom. The highest BCUT2D eigenvalue weighted by Crippen LogP contribution is 2.22. The molecule has 1 atom stereocenters. The Balaban J connectivity index is 2.06. The quantitative estimate of drug-likeness (QED) is 0.826. The van der Waals surface area contributed by atoms with Crippen molar-refractivity contribution in [3.8, 4) is 0 Å². The summed E-state index contributed by atoms with van der Waals surface area (Å²) in [7, 11) is 0. The molecule has 92 valence electrons. The number of halogens is 1. The van der Waals surface area contributed by atoms with Crippen LogP contribution in [0, 0.1) is 0 Å². The summed E-state index contributed by atoms with van der Waals surface area (Å²) in [6.07, 6.45) is 1.08. The zero-order valence-corrected chi connectivity index (χ0v) is 11.2. The van der Waals surface area contributed by atoms with Crippen LogP contribution in [0.15, 0.2) is 12.1 Å². The Bertz CT molecular complexity index is 398. The van der Waals surface area contributed by atoms with Crippen LogP contribution in [0.25, 0.3) is 0 Å². The highest BCUT2D eigenvalue weighted by Gasteiger charge is 2.24. The van der Waals surface area contributed by atoms with E-state index in [9.17, 15) is 4.79 Å². The van der Waals surface area contributed by atoms with Crippen LogP contribution in [-0.2, 0) is 0 Å². The second-order valence-electron chi connectivity index (χ2n) is 3.89. The molecule has 0 aromatic carbocycles. The van der Waals surface area contributed by atoms with Crippen LogP contribution in [0.4, 0.5) is 0 Å². The molecule has 0 N–H and O–H groups in total. The molecule has 1 aromatic heterocycles. The molecule has 4 nitrogen and oxygen atoms in total. The van der Waals surface area contributed by atoms with E-state index < -0.39 is 0 Å².